The first-order valence-electron chi connectivity index (χ1n) is 3.16. The summed E-state index contributed by atoms with van der Waals surface area (Å²) in [7, 11) is 0. The Morgan fingerprint density at radius 1 is 1.70 bits per heavy atom. The van der Waals surface area contributed by atoms with Crippen LogP contribution >= 0.6 is 0 Å². The van der Waals surface area contributed by atoms with E-state index in [4.69, 9.17) is 5.11 Å². The van der Waals surface area contributed by atoms with Crippen molar-refractivity contribution in [1.29, 1.82) is 0 Å². The molecule has 0 radical (unpaired) electrons. The molecule has 0 aliphatic carbocycles. The molecule has 0 aromatic rings. The number of allylic oxidation sites excluding steroid dienone is 1. The Labute approximate surface area is 60.3 Å². The Morgan fingerprint density at radius 2 is 2.40 bits per heavy atom. The van der Waals surface area contributed by atoms with Crippen LogP contribution in [-0.4, -0.2) is 18.2 Å². The van der Waals surface area contributed by atoms with Crippen LogP contribution in [0.3, 0.4) is 0 Å². The lowest BCUT2D eigenvalue weighted by molar-refractivity contribution is -0.128. The molecule has 0 aliphatic heterocycles. The number of ether oxygens (including phenoxy) is 1. The molecule has 0 fully saturated rings. The molecule has 0 aromatic heterocycles. The summed E-state index contributed by atoms with van der Waals surface area (Å²) in [6.45, 7) is 2.67. The van der Waals surface area contributed by atoms with E-state index in [-0.39, 0.29) is 0 Å². The average molecular weight is 144 g/mol. The fourth-order valence-electron chi connectivity index (χ4n) is 0.547. The van der Waals surface area contributed by atoms with E-state index in [1.165, 1.54) is 0 Å². The van der Waals surface area contributed by atoms with Gasteiger partial charge in [-0.2, -0.15) is 0 Å². The van der Waals surface area contributed by atoms with Crippen LogP contribution in [0.4, 0.5) is 0 Å². The predicted octanol–water partition coefficient (Wildman–Crippen LogP) is 1.40. The Morgan fingerprint density at radius 3 is 2.90 bits per heavy atom. The minimum atomic E-state index is 0.425. The summed E-state index contributed by atoms with van der Waals surface area (Å²) < 4.78 is 4.44. The van der Waals surface area contributed by atoms with E-state index in [0.29, 0.717) is 13.1 Å². The van der Waals surface area contributed by atoms with Crippen LogP contribution in [0.25, 0.3) is 0 Å². The van der Waals surface area contributed by atoms with E-state index >= 15 is 0 Å². The molecule has 0 rings (SSSR count). The molecule has 0 bridgehead atoms. The second kappa shape index (κ2) is 6.13. The number of hydrogen-bond acceptors (Lipinski definition) is 3. The third kappa shape index (κ3) is 5.15. The summed E-state index contributed by atoms with van der Waals surface area (Å²) in [5, 5.41) is 8.42. The summed E-state index contributed by atoms with van der Waals surface area (Å²) in [5.74, 6) is 0. The molecule has 10 heavy (non-hydrogen) atoms. The molecule has 0 atom stereocenters. The van der Waals surface area contributed by atoms with Gasteiger partial charge >= 0.3 is 0 Å². The van der Waals surface area contributed by atoms with Gasteiger partial charge in [0.15, 0.2) is 0 Å². The molecule has 3 heteroatoms. The minimum absolute atomic E-state index is 0.425. The summed E-state index contributed by atoms with van der Waals surface area (Å²) >= 11 is 0. The second-order valence-electron chi connectivity index (χ2n) is 2.05. The lowest BCUT2D eigenvalue weighted by atomic mass is 10.2. The monoisotopic (exact) mass is 144 g/mol. The van der Waals surface area contributed by atoms with E-state index in [9.17, 15) is 4.79 Å². The maximum absolute atomic E-state index is 9.63. The van der Waals surface area contributed by atoms with Gasteiger partial charge in [-0.1, -0.05) is 0 Å². The van der Waals surface area contributed by atoms with E-state index in [2.05, 4.69) is 4.74 Å². The van der Waals surface area contributed by atoms with Gasteiger partial charge in [0.2, 0.25) is 0 Å². The topological polar surface area (TPSA) is 46.5 Å². The first-order valence-corrected chi connectivity index (χ1v) is 3.16. The molecule has 0 saturated carbocycles. The van der Waals surface area contributed by atoms with Crippen molar-refractivity contribution in [2.75, 3.05) is 6.61 Å². The van der Waals surface area contributed by atoms with Gasteiger partial charge in [-0.05, 0) is 25.3 Å². The first-order chi connectivity index (χ1) is 4.81. The fourth-order valence-corrected chi connectivity index (χ4v) is 0.547. The zero-order valence-corrected chi connectivity index (χ0v) is 6.04. The Balaban J connectivity index is 3.11. The van der Waals surface area contributed by atoms with Crippen LogP contribution in [0.2, 0.25) is 0 Å². The van der Waals surface area contributed by atoms with Crippen LogP contribution in [-0.2, 0) is 9.53 Å². The van der Waals surface area contributed by atoms with Crippen molar-refractivity contribution in [3.8, 4) is 0 Å². The Kier molecular flexibility index (Phi) is 5.53. The van der Waals surface area contributed by atoms with Gasteiger partial charge in [-0.15, -0.1) is 0 Å². The van der Waals surface area contributed by atoms with Gasteiger partial charge < -0.3 is 9.84 Å². The Hall–Kier alpha value is -0.990. The van der Waals surface area contributed by atoms with E-state index < -0.39 is 0 Å². The van der Waals surface area contributed by atoms with Crippen molar-refractivity contribution in [3.63, 3.8) is 0 Å². The molecule has 0 unspecified atom stereocenters. The molecular weight excluding hydrogens is 132 g/mol. The number of rotatable bonds is 5. The Bertz CT molecular complexity index is 118. The lowest BCUT2D eigenvalue weighted by Gasteiger charge is -1.97. The molecule has 0 aromatic carbocycles. The van der Waals surface area contributed by atoms with Crippen molar-refractivity contribution in [3.05, 3.63) is 11.8 Å². The molecule has 0 spiro atoms. The van der Waals surface area contributed by atoms with Crippen molar-refractivity contribution in [1.82, 2.24) is 0 Å². The highest BCUT2D eigenvalue weighted by Crippen LogP contribution is 2.01. The highest BCUT2D eigenvalue weighted by Gasteiger charge is 1.89. The largest absolute Gasteiger partial charge is 0.516 e. The SMILES string of the molecule is CC(=CO)CCCOC=O. The number of aliphatic hydroxyl groups excluding tert-OH is 1. The van der Waals surface area contributed by atoms with Crippen LogP contribution in [0, 0.1) is 0 Å². The maximum atomic E-state index is 9.63. The van der Waals surface area contributed by atoms with Crippen molar-refractivity contribution in [2.45, 2.75) is 19.8 Å². The van der Waals surface area contributed by atoms with Gasteiger partial charge in [-0.3, -0.25) is 4.79 Å². The molecule has 0 aliphatic rings. The summed E-state index contributed by atoms with van der Waals surface area (Å²) in [4.78, 5) is 9.63. The second-order valence-corrected chi connectivity index (χ2v) is 2.05. The van der Waals surface area contributed by atoms with Crippen LogP contribution in [0.15, 0.2) is 11.8 Å². The molecule has 58 valence electrons. The van der Waals surface area contributed by atoms with Gasteiger partial charge in [0.25, 0.3) is 6.47 Å². The standard InChI is InChI=1S/C7H12O3/c1-7(5-8)3-2-4-10-6-9/h5-6,8H,2-4H2,1H3. The van der Waals surface area contributed by atoms with Crippen molar-refractivity contribution >= 4 is 6.47 Å². The lowest BCUT2D eigenvalue weighted by Crippen LogP contribution is -1.91. The molecule has 3 nitrogen and oxygen atoms in total. The molecular formula is C7H12O3. The van der Waals surface area contributed by atoms with Gasteiger partial charge in [0.1, 0.15) is 0 Å². The fraction of sp³-hybridized carbons (Fsp3) is 0.571. The summed E-state index contributed by atoms with van der Waals surface area (Å²) in [6, 6.07) is 0. The molecule has 0 heterocycles. The van der Waals surface area contributed by atoms with Gasteiger partial charge in [0.05, 0.1) is 12.9 Å². The molecule has 1 N–H and O–H groups in total. The zero-order valence-electron chi connectivity index (χ0n) is 6.04. The van der Waals surface area contributed by atoms with E-state index in [1.54, 1.807) is 0 Å². The van der Waals surface area contributed by atoms with Crippen molar-refractivity contribution in [2.24, 2.45) is 0 Å². The zero-order chi connectivity index (χ0) is 7.82. The number of carbonyl (C=O) groups excluding carboxylic acids is 1. The smallest absolute Gasteiger partial charge is 0.293 e. The highest BCUT2D eigenvalue weighted by atomic mass is 16.5. The van der Waals surface area contributed by atoms with E-state index in [0.717, 1.165) is 24.7 Å². The molecule has 0 amide bonds. The first kappa shape index (κ1) is 9.01. The third-order valence-electron chi connectivity index (χ3n) is 1.12. The number of aliphatic hydroxyl groups is 1. The van der Waals surface area contributed by atoms with Crippen molar-refractivity contribution < 1.29 is 14.6 Å². The predicted molar refractivity (Wildman–Crippen MR) is 37.6 cm³/mol. The minimum Gasteiger partial charge on any atom is -0.516 e. The van der Waals surface area contributed by atoms with E-state index in [1.807, 2.05) is 6.92 Å². The summed E-state index contributed by atoms with van der Waals surface area (Å²) in [6.07, 6.45) is 2.60. The van der Waals surface area contributed by atoms with Crippen LogP contribution in [0.1, 0.15) is 19.8 Å². The summed E-state index contributed by atoms with van der Waals surface area (Å²) in [5.41, 5.74) is 0.898. The number of hydrogen-bond donors (Lipinski definition) is 1. The average Bonchev–Trinajstić information content (AvgIpc) is 1.98. The van der Waals surface area contributed by atoms with Crippen LogP contribution in [0.5, 0.6) is 0 Å². The normalized spacial score (nSPS) is 11.1. The van der Waals surface area contributed by atoms with Crippen LogP contribution < -0.4 is 0 Å². The van der Waals surface area contributed by atoms with Gasteiger partial charge in [0, 0.05) is 0 Å². The number of carbonyl (C=O) groups is 1. The molecule has 0 saturated heterocycles. The maximum Gasteiger partial charge on any atom is 0.293 e. The van der Waals surface area contributed by atoms with Gasteiger partial charge in [-0.25, -0.2) is 0 Å². The third-order valence-corrected chi connectivity index (χ3v) is 1.12. The quantitative estimate of drug-likeness (QED) is 0.360. The highest BCUT2D eigenvalue weighted by molar-refractivity contribution is 5.36.